The number of benzene rings is 1. The van der Waals surface area contributed by atoms with Gasteiger partial charge in [-0.05, 0) is 60.5 Å². The quantitative estimate of drug-likeness (QED) is 0.276. The zero-order chi connectivity index (χ0) is 22.5. The number of halogens is 2. The molecule has 2 N–H and O–H groups in total. The molecule has 7 nitrogen and oxygen atoms in total. The highest BCUT2D eigenvalue weighted by Crippen LogP contribution is 2.33. The molecule has 0 aliphatic rings. The maximum atomic E-state index is 10.7. The van der Waals surface area contributed by atoms with E-state index in [-0.39, 0.29) is 24.8 Å². The average molecular weight is 516 g/mol. The third kappa shape index (κ3) is 6.77. The molecule has 4 aromatic rings. The molecule has 0 saturated heterocycles. The van der Waals surface area contributed by atoms with Crippen LogP contribution in [0.2, 0.25) is 0 Å². The van der Waals surface area contributed by atoms with E-state index in [1.165, 1.54) is 0 Å². The van der Waals surface area contributed by atoms with Crippen LogP contribution < -0.4 is 10.2 Å². The normalized spacial score (nSPS) is 10.3. The fourth-order valence-corrected chi connectivity index (χ4v) is 3.87. The van der Waals surface area contributed by atoms with E-state index in [1.54, 1.807) is 23.6 Å². The zero-order valence-corrected chi connectivity index (χ0v) is 20.8. The summed E-state index contributed by atoms with van der Waals surface area (Å²) in [5, 5.41) is 12.8. The molecule has 34 heavy (non-hydrogen) atoms. The van der Waals surface area contributed by atoms with E-state index in [1.807, 2.05) is 79.7 Å². The monoisotopic (exact) mass is 515 g/mol. The van der Waals surface area contributed by atoms with Crippen molar-refractivity contribution in [2.45, 2.75) is 6.92 Å². The average Bonchev–Trinajstić information content (AvgIpc) is 3.28. The van der Waals surface area contributed by atoms with E-state index in [9.17, 15) is 4.79 Å². The van der Waals surface area contributed by atoms with Crippen molar-refractivity contribution in [3.8, 4) is 10.6 Å². The predicted molar refractivity (Wildman–Crippen MR) is 143 cm³/mol. The summed E-state index contributed by atoms with van der Waals surface area (Å²) in [6.07, 6.45) is 6.27. The molecule has 0 saturated carbocycles. The molecule has 0 unspecified atom stereocenters. The maximum absolute atomic E-state index is 10.7. The van der Waals surface area contributed by atoms with E-state index in [2.05, 4.69) is 15.3 Å². The molecule has 0 bridgehead atoms. The third-order valence-corrected chi connectivity index (χ3v) is 5.75. The molecule has 0 amide bonds. The van der Waals surface area contributed by atoms with Crippen molar-refractivity contribution in [2.75, 3.05) is 17.3 Å². The molecule has 0 aliphatic heterocycles. The van der Waals surface area contributed by atoms with Crippen molar-refractivity contribution < 1.29 is 9.90 Å². The van der Waals surface area contributed by atoms with Gasteiger partial charge in [-0.15, -0.1) is 24.8 Å². The van der Waals surface area contributed by atoms with Gasteiger partial charge in [-0.3, -0.25) is 0 Å². The largest absolute Gasteiger partial charge is 0.478 e. The van der Waals surface area contributed by atoms with E-state index >= 15 is 0 Å². The lowest BCUT2D eigenvalue weighted by molar-refractivity contribution is -0.131. The molecule has 0 aliphatic carbocycles. The molecule has 3 aromatic heterocycles. The first-order valence-electron chi connectivity index (χ1n) is 9.86. The van der Waals surface area contributed by atoms with Crippen LogP contribution in [-0.4, -0.2) is 33.1 Å². The van der Waals surface area contributed by atoms with Crippen molar-refractivity contribution in [3.05, 3.63) is 84.2 Å². The molecule has 0 fully saturated rings. The van der Waals surface area contributed by atoms with Gasteiger partial charge < -0.3 is 15.3 Å². The first-order chi connectivity index (χ1) is 15.5. The second-order valence-corrected chi connectivity index (χ2v) is 8.09. The minimum atomic E-state index is -0.968. The number of anilines is 4. The Morgan fingerprint density at radius 1 is 1.06 bits per heavy atom. The Kier molecular flexibility index (Phi) is 9.56. The fourth-order valence-electron chi connectivity index (χ4n) is 3.00. The maximum Gasteiger partial charge on any atom is 0.328 e. The second kappa shape index (κ2) is 12.1. The van der Waals surface area contributed by atoms with Crippen LogP contribution in [0.4, 0.5) is 22.5 Å². The highest BCUT2D eigenvalue weighted by atomic mass is 35.5. The van der Waals surface area contributed by atoms with Crippen LogP contribution in [0.3, 0.4) is 0 Å². The van der Waals surface area contributed by atoms with Gasteiger partial charge >= 0.3 is 5.97 Å². The van der Waals surface area contributed by atoms with Crippen molar-refractivity contribution in [2.24, 2.45) is 0 Å². The van der Waals surface area contributed by atoms with E-state index in [0.29, 0.717) is 5.82 Å². The number of hydrogen-bond acceptors (Lipinski definition) is 7. The van der Waals surface area contributed by atoms with Gasteiger partial charge in [0, 0.05) is 31.2 Å². The summed E-state index contributed by atoms with van der Waals surface area (Å²) in [6.45, 7) is 2.02. The highest BCUT2D eigenvalue weighted by Gasteiger charge is 2.12. The molecule has 0 radical (unpaired) electrons. The Morgan fingerprint density at radius 2 is 1.82 bits per heavy atom. The number of carbonyl (C=O) groups is 1. The highest BCUT2D eigenvalue weighted by molar-refractivity contribution is 7.18. The number of carboxylic acids is 1. The summed E-state index contributed by atoms with van der Waals surface area (Å²) in [4.78, 5) is 27.2. The number of thiazole rings is 1. The number of aryl methyl sites for hydroxylation is 1. The fraction of sp³-hybridized carbons (Fsp3) is 0.0833. The van der Waals surface area contributed by atoms with Gasteiger partial charge in [0.05, 0.1) is 10.6 Å². The molecule has 0 atom stereocenters. The summed E-state index contributed by atoms with van der Waals surface area (Å²) in [7, 11) is 1.94. The van der Waals surface area contributed by atoms with Crippen molar-refractivity contribution in [1.82, 2.24) is 15.0 Å². The standard InChI is InChI=1S/C24H21N5O2S.2ClH/c1-16-12-13-25-22(14-16)28-21-5-3-4-19(27-21)20-15-26-24(32-20)29(2)18-9-6-17(7-10-18)8-11-23(30)31;;/h3-15H,1-2H3,(H,30,31)(H,25,27,28);2*1H/b11-8+;;. The SMILES string of the molecule is Cc1ccnc(Nc2cccc(-c3cnc(N(C)c4ccc(/C=C/C(=O)O)cc4)s3)n2)c1.Cl.Cl. The van der Waals surface area contributed by atoms with Crippen molar-refractivity contribution in [1.29, 1.82) is 0 Å². The lowest BCUT2D eigenvalue weighted by atomic mass is 10.2. The molecule has 3 heterocycles. The van der Waals surface area contributed by atoms with Crippen LogP contribution in [0.25, 0.3) is 16.6 Å². The van der Waals surface area contributed by atoms with E-state index in [4.69, 9.17) is 10.1 Å². The molecule has 10 heteroatoms. The van der Waals surface area contributed by atoms with Crippen LogP contribution in [0.5, 0.6) is 0 Å². The number of nitrogens with zero attached hydrogens (tertiary/aromatic N) is 4. The Balaban J connectivity index is 0.00000204. The van der Waals surface area contributed by atoms with Gasteiger partial charge in [-0.25, -0.2) is 19.7 Å². The van der Waals surface area contributed by atoms with Crippen molar-refractivity contribution >= 4 is 70.7 Å². The summed E-state index contributed by atoms with van der Waals surface area (Å²) in [5.74, 6) is 0.500. The van der Waals surface area contributed by atoms with Crippen LogP contribution in [0.15, 0.2) is 73.1 Å². The lowest BCUT2D eigenvalue weighted by Crippen LogP contribution is -2.08. The molecule has 176 valence electrons. The number of aliphatic carboxylic acids is 1. The molecule has 4 rings (SSSR count). The van der Waals surface area contributed by atoms with E-state index < -0.39 is 5.97 Å². The van der Waals surface area contributed by atoms with Gasteiger partial charge in [0.2, 0.25) is 0 Å². The van der Waals surface area contributed by atoms with Gasteiger partial charge in [0.1, 0.15) is 11.6 Å². The molecular formula is C24H23Cl2N5O2S. The van der Waals surface area contributed by atoms with Gasteiger partial charge in [-0.1, -0.05) is 29.5 Å². The lowest BCUT2D eigenvalue weighted by Gasteiger charge is -2.15. The number of nitrogens with one attached hydrogen (secondary N) is 1. The number of rotatable bonds is 7. The topological polar surface area (TPSA) is 91.2 Å². The second-order valence-electron chi connectivity index (χ2n) is 7.08. The number of pyridine rings is 2. The minimum Gasteiger partial charge on any atom is -0.478 e. The van der Waals surface area contributed by atoms with Crippen LogP contribution in [-0.2, 0) is 4.79 Å². The van der Waals surface area contributed by atoms with Crippen LogP contribution in [0, 0.1) is 6.92 Å². The van der Waals surface area contributed by atoms with Crippen molar-refractivity contribution in [3.63, 3.8) is 0 Å². The Morgan fingerprint density at radius 3 is 2.53 bits per heavy atom. The van der Waals surface area contributed by atoms with Crippen LogP contribution >= 0.6 is 36.2 Å². The molecule has 1 aromatic carbocycles. The summed E-state index contributed by atoms with van der Waals surface area (Å²) >= 11 is 1.54. The first kappa shape index (κ1) is 26.8. The smallest absolute Gasteiger partial charge is 0.328 e. The molecular weight excluding hydrogens is 493 g/mol. The Labute approximate surface area is 214 Å². The molecule has 0 spiro atoms. The minimum absolute atomic E-state index is 0. The summed E-state index contributed by atoms with van der Waals surface area (Å²) in [5.41, 5.74) is 3.72. The van der Waals surface area contributed by atoms with Gasteiger partial charge in [-0.2, -0.15) is 0 Å². The summed E-state index contributed by atoms with van der Waals surface area (Å²) < 4.78 is 0. The number of hydrogen-bond donors (Lipinski definition) is 2. The number of carboxylic acid groups (broad SMARTS) is 1. The van der Waals surface area contributed by atoms with Crippen LogP contribution in [0.1, 0.15) is 11.1 Å². The van der Waals surface area contributed by atoms with Gasteiger partial charge in [0.15, 0.2) is 5.13 Å². The summed E-state index contributed by atoms with van der Waals surface area (Å²) in [6, 6.07) is 17.3. The third-order valence-electron chi connectivity index (χ3n) is 4.65. The predicted octanol–water partition coefficient (Wildman–Crippen LogP) is 6.36. The zero-order valence-electron chi connectivity index (χ0n) is 18.4. The first-order valence-corrected chi connectivity index (χ1v) is 10.7. The van der Waals surface area contributed by atoms with Gasteiger partial charge in [0.25, 0.3) is 0 Å². The van der Waals surface area contributed by atoms with E-state index in [0.717, 1.165) is 44.4 Å². The Bertz CT molecular complexity index is 1280. The Hall–Kier alpha value is -3.46. The number of aromatic nitrogens is 3.